The molecule has 2 N–H and O–H groups in total. The number of hydrogen-bond acceptors (Lipinski definition) is 2. The molecule has 0 radical (unpaired) electrons. The SMILES string of the molecule is CCNCC(C)C(=O)Nc1cc(Br)c(F)cc1F. The van der Waals surface area contributed by atoms with Crippen molar-refractivity contribution >= 4 is 27.5 Å². The Morgan fingerprint density at radius 1 is 1.39 bits per heavy atom. The molecule has 1 aromatic carbocycles. The van der Waals surface area contributed by atoms with Gasteiger partial charge in [-0.05, 0) is 28.5 Å². The largest absolute Gasteiger partial charge is 0.323 e. The minimum Gasteiger partial charge on any atom is -0.323 e. The molecule has 0 aliphatic rings. The molecule has 3 nitrogen and oxygen atoms in total. The molecule has 1 aromatic rings. The second kappa shape index (κ2) is 6.80. The van der Waals surface area contributed by atoms with Crippen molar-refractivity contribution < 1.29 is 13.6 Å². The van der Waals surface area contributed by atoms with E-state index in [9.17, 15) is 13.6 Å². The highest BCUT2D eigenvalue weighted by molar-refractivity contribution is 9.10. The third-order valence-corrected chi connectivity index (χ3v) is 3.02. The Morgan fingerprint density at radius 3 is 2.67 bits per heavy atom. The van der Waals surface area contributed by atoms with Gasteiger partial charge in [-0.15, -0.1) is 0 Å². The van der Waals surface area contributed by atoms with Crippen molar-refractivity contribution in [3.63, 3.8) is 0 Å². The van der Waals surface area contributed by atoms with Gasteiger partial charge in [0.2, 0.25) is 5.91 Å². The zero-order valence-corrected chi connectivity index (χ0v) is 11.8. The zero-order valence-electron chi connectivity index (χ0n) is 10.2. The van der Waals surface area contributed by atoms with Crippen LogP contribution in [0, 0.1) is 17.6 Å². The van der Waals surface area contributed by atoms with Crippen molar-refractivity contribution in [2.24, 2.45) is 5.92 Å². The number of carbonyl (C=O) groups is 1. The molecule has 0 fully saturated rings. The van der Waals surface area contributed by atoms with Gasteiger partial charge in [-0.25, -0.2) is 8.78 Å². The summed E-state index contributed by atoms with van der Waals surface area (Å²) in [4.78, 5) is 11.7. The summed E-state index contributed by atoms with van der Waals surface area (Å²) < 4.78 is 26.5. The third kappa shape index (κ3) is 4.03. The quantitative estimate of drug-likeness (QED) is 0.819. The maximum absolute atomic E-state index is 13.4. The second-order valence-electron chi connectivity index (χ2n) is 3.94. The average Bonchev–Trinajstić information content (AvgIpc) is 2.32. The lowest BCUT2D eigenvalue weighted by atomic mass is 10.1. The lowest BCUT2D eigenvalue weighted by molar-refractivity contribution is -0.119. The molecule has 1 unspecified atom stereocenters. The lowest BCUT2D eigenvalue weighted by Gasteiger charge is -2.13. The molecule has 100 valence electrons. The van der Waals surface area contributed by atoms with Gasteiger partial charge in [-0.2, -0.15) is 0 Å². The van der Waals surface area contributed by atoms with Crippen LogP contribution in [0.2, 0.25) is 0 Å². The van der Waals surface area contributed by atoms with E-state index >= 15 is 0 Å². The maximum atomic E-state index is 13.4. The molecule has 1 amide bonds. The molecule has 0 bridgehead atoms. The summed E-state index contributed by atoms with van der Waals surface area (Å²) in [6.07, 6.45) is 0. The third-order valence-electron chi connectivity index (χ3n) is 2.42. The molecule has 0 aliphatic carbocycles. The van der Waals surface area contributed by atoms with Gasteiger partial charge in [-0.1, -0.05) is 13.8 Å². The highest BCUT2D eigenvalue weighted by Gasteiger charge is 2.15. The Balaban J connectivity index is 2.72. The van der Waals surface area contributed by atoms with Crippen LogP contribution in [0.1, 0.15) is 13.8 Å². The Kier molecular flexibility index (Phi) is 5.68. The summed E-state index contributed by atoms with van der Waals surface area (Å²) in [6.45, 7) is 4.93. The van der Waals surface area contributed by atoms with Crippen LogP contribution in [-0.2, 0) is 4.79 Å². The zero-order chi connectivity index (χ0) is 13.7. The van der Waals surface area contributed by atoms with Crippen LogP contribution < -0.4 is 10.6 Å². The normalized spacial score (nSPS) is 12.3. The molecule has 0 saturated heterocycles. The molecule has 0 heterocycles. The van der Waals surface area contributed by atoms with Crippen LogP contribution in [0.25, 0.3) is 0 Å². The fourth-order valence-electron chi connectivity index (χ4n) is 1.33. The van der Waals surface area contributed by atoms with Crippen molar-refractivity contribution in [1.29, 1.82) is 0 Å². The van der Waals surface area contributed by atoms with E-state index in [0.29, 0.717) is 6.54 Å². The predicted molar refractivity (Wildman–Crippen MR) is 70.4 cm³/mol. The smallest absolute Gasteiger partial charge is 0.228 e. The highest BCUT2D eigenvalue weighted by Crippen LogP contribution is 2.23. The van der Waals surface area contributed by atoms with E-state index in [-0.39, 0.29) is 22.0 Å². The van der Waals surface area contributed by atoms with Crippen molar-refractivity contribution in [3.8, 4) is 0 Å². The highest BCUT2D eigenvalue weighted by atomic mass is 79.9. The van der Waals surface area contributed by atoms with E-state index in [1.165, 1.54) is 6.07 Å². The predicted octanol–water partition coefficient (Wildman–Crippen LogP) is 2.91. The number of benzene rings is 1. The summed E-state index contributed by atoms with van der Waals surface area (Å²) in [5.41, 5.74) is -0.0309. The summed E-state index contributed by atoms with van der Waals surface area (Å²) >= 11 is 2.94. The first-order valence-corrected chi connectivity index (χ1v) is 6.41. The summed E-state index contributed by atoms with van der Waals surface area (Å²) in [7, 11) is 0. The molecular formula is C12H15BrF2N2O. The summed E-state index contributed by atoms with van der Waals surface area (Å²) in [6, 6.07) is 1.94. The van der Waals surface area contributed by atoms with E-state index in [1.807, 2.05) is 6.92 Å². The molecule has 0 aromatic heterocycles. The van der Waals surface area contributed by atoms with E-state index in [2.05, 4.69) is 26.6 Å². The summed E-state index contributed by atoms with van der Waals surface area (Å²) in [5, 5.41) is 5.46. The first-order chi connectivity index (χ1) is 8.45. The van der Waals surface area contributed by atoms with Crippen LogP contribution in [0.3, 0.4) is 0 Å². The van der Waals surface area contributed by atoms with Crippen molar-refractivity contribution in [1.82, 2.24) is 5.32 Å². The van der Waals surface area contributed by atoms with Crippen molar-refractivity contribution in [3.05, 3.63) is 28.2 Å². The first-order valence-electron chi connectivity index (χ1n) is 5.61. The first kappa shape index (κ1) is 15.0. The topological polar surface area (TPSA) is 41.1 Å². The van der Waals surface area contributed by atoms with Crippen LogP contribution in [0.4, 0.5) is 14.5 Å². The van der Waals surface area contributed by atoms with Gasteiger partial charge in [0.05, 0.1) is 10.2 Å². The molecule has 1 atom stereocenters. The van der Waals surface area contributed by atoms with Gasteiger partial charge in [0.15, 0.2) is 0 Å². The van der Waals surface area contributed by atoms with Crippen LogP contribution in [0.5, 0.6) is 0 Å². The molecular weight excluding hydrogens is 306 g/mol. The Hall–Kier alpha value is -1.01. The second-order valence-corrected chi connectivity index (χ2v) is 4.80. The monoisotopic (exact) mass is 320 g/mol. The fourth-order valence-corrected chi connectivity index (χ4v) is 1.67. The molecule has 0 saturated carbocycles. The minimum atomic E-state index is -0.792. The lowest BCUT2D eigenvalue weighted by Crippen LogP contribution is -2.30. The van der Waals surface area contributed by atoms with Gasteiger partial charge in [0, 0.05) is 18.5 Å². The van der Waals surface area contributed by atoms with Gasteiger partial charge in [0.1, 0.15) is 11.6 Å². The fraction of sp³-hybridized carbons (Fsp3) is 0.417. The average molecular weight is 321 g/mol. The van der Waals surface area contributed by atoms with E-state index in [4.69, 9.17) is 0 Å². The van der Waals surface area contributed by atoms with E-state index in [1.54, 1.807) is 6.92 Å². The Morgan fingerprint density at radius 2 is 2.06 bits per heavy atom. The van der Waals surface area contributed by atoms with Gasteiger partial charge in [-0.3, -0.25) is 4.79 Å². The number of nitrogens with one attached hydrogen (secondary N) is 2. The van der Waals surface area contributed by atoms with Gasteiger partial charge in [0.25, 0.3) is 0 Å². The molecule has 6 heteroatoms. The van der Waals surface area contributed by atoms with Crippen molar-refractivity contribution in [2.45, 2.75) is 13.8 Å². The molecule has 1 rings (SSSR count). The number of halogens is 3. The number of anilines is 1. The van der Waals surface area contributed by atoms with Crippen molar-refractivity contribution in [2.75, 3.05) is 18.4 Å². The molecule has 0 spiro atoms. The summed E-state index contributed by atoms with van der Waals surface area (Å²) in [5.74, 6) is -2.10. The Bertz CT molecular complexity index is 440. The van der Waals surface area contributed by atoms with Crippen LogP contribution in [-0.4, -0.2) is 19.0 Å². The number of rotatable bonds is 5. The number of carbonyl (C=O) groups excluding carboxylic acids is 1. The maximum Gasteiger partial charge on any atom is 0.228 e. The molecule has 0 aliphatic heterocycles. The number of amides is 1. The number of hydrogen-bond donors (Lipinski definition) is 2. The van der Waals surface area contributed by atoms with E-state index in [0.717, 1.165) is 12.6 Å². The van der Waals surface area contributed by atoms with Crippen LogP contribution >= 0.6 is 15.9 Å². The van der Waals surface area contributed by atoms with Gasteiger partial charge >= 0.3 is 0 Å². The Labute approximate surface area is 113 Å². The minimum absolute atomic E-state index is 0.0309. The van der Waals surface area contributed by atoms with Crippen LogP contribution in [0.15, 0.2) is 16.6 Å². The van der Waals surface area contributed by atoms with Gasteiger partial charge < -0.3 is 10.6 Å². The standard InChI is InChI=1S/C12H15BrF2N2O/c1-3-16-6-7(2)12(18)17-11-4-8(13)9(14)5-10(11)15/h4-5,7,16H,3,6H2,1-2H3,(H,17,18). The molecule has 18 heavy (non-hydrogen) atoms. The van der Waals surface area contributed by atoms with E-state index < -0.39 is 11.6 Å².